The van der Waals surface area contributed by atoms with Crippen LogP contribution >= 0.6 is 0 Å². The van der Waals surface area contributed by atoms with Crippen molar-refractivity contribution in [1.82, 2.24) is 0 Å². The third kappa shape index (κ3) is 7.20. The van der Waals surface area contributed by atoms with Crippen molar-refractivity contribution < 1.29 is 0 Å². The summed E-state index contributed by atoms with van der Waals surface area (Å²) in [5, 5.41) is 0. The van der Waals surface area contributed by atoms with Crippen molar-refractivity contribution >= 4 is 0 Å². The molecule has 0 radical (unpaired) electrons. The van der Waals surface area contributed by atoms with Gasteiger partial charge in [0, 0.05) is 0 Å². The summed E-state index contributed by atoms with van der Waals surface area (Å²) in [4.78, 5) is 0. The highest BCUT2D eigenvalue weighted by Gasteiger charge is 2.17. The monoisotopic (exact) mass is 234 g/mol. The van der Waals surface area contributed by atoms with Crippen molar-refractivity contribution in [2.45, 2.75) is 66.7 Å². The second-order valence-electron chi connectivity index (χ2n) is 5.36. The van der Waals surface area contributed by atoms with Gasteiger partial charge in [0.05, 0.1) is 0 Å². The van der Waals surface area contributed by atoms with Crippen LogP contribution in [-0.2, 0) is 0 Å². The van der Waals surface area contributed by atoms with E-state index in [9.17, 15) is 0 Å². The first kappa shape index (κ1) is 16.2. The highest BCUT2D eigenvalue weighted by atomic mass is 14.2. The molecule has 98 valence electrons. The summed E-state index contributed by atoms with van der Waals surface area (Å²) in [5.41, 5.74) is 3.14. The number of allylic oxidation sites excluding steroid dienone is 5. The van der Waals surface area contributed by atoms with E-state index in [1.165, 1.54) is 30.4 Å². The first-order valence-electron chi connectivity index (χ1n) is 7.08. The summed E-state index contributed by atoms with van der Waals surface area (Å²) in [6, 6.07) is 0. The molecule has 0 saturated carbocycles. The minimum absolute atomic E-state index is 0.416. The smallest absolute Gasteiger partial charge is 0.0233 e. The Morgan fingerprint density at radius 2 is 1.88 bits per heavy atom. The van der Waals surface area contributed by atoms with E-state index in [0.717, 1.165) is 12.8 Å². The minimum atomic E-state index is 0.416. The van der Waals surface area contributed by atoms with Crippen molar-refractivity contribution in [2.75, 3.05) is 0 Å². The van der Waals surface area contributed by atoms with E-state index >= 15 is 0 Å². The highest BCUT2D eigenvalue weighted by molar-refractivity contribution is 5.27. The molecule has 17 heavy (non-hydrogen) atoms. The van der Waals surface area contributed by atoms with Crippen molar-refractivity contribution in [3.05, 3.63) is 36.0 Å². The first-order chi connectivity index (χ1) is 8.03. The normalized spacial score (nSPS) is 25.0. The van der Waals surface area contributed by atoms with E-state index in [1.807, 2.05) is 13.8 Å². The molecule has 0 aromatic heterocycles. The number of hydrogen-bond acceptors (Lipinski definition) is 0. The fourth-order valence-corrected chi connectivity index (χ4v) is 2.19. The predicted octanol–water partition coefficient (Wildman–Crippen LogP) is 6.06. The highest BCUT2D eigenvalue weighted by Crippen LogP contribution is 2.32. The average molecular weight is 234 g/mol. The van der Waals surface area contributed by atoms with Crippen LogP contribution in [0.25, 0.3) is 0 Å². The molecule has 1 aliphatic carbocycles. The maximum Gasteiger partial charge on any atom is -0.0233 e. The Kier molecular flexibility index (Phi) is 7.95. The summed E-state index contributed by atoms with van der Waals surface area (Å²) in [6.45, 7) is 15.0. The van der Waals surface area contributed by atoms with Gasteiger partial charge in [-0.05, 0) is 37.5 Å². The fraction of sp³-hybridized carbons (Fsp3) is 0.647. The Balaban J connectivity index is 0.00000121. The Bertz CT molecular complexity index is 276. The van der Waals surface area contributed by atoms with Crippen LogP contribution in [0.15, 0.2) is 36.0 Å². The van der Waals surface area contributed by atoms with Gasteiger partial charge in [0.1, 0.15) is 0 Å². The summed E-state index contributed by atoms with van der Waals surface area (Å²) in [5.74, 6) is 0. The molecule has 1 aliphatic rings. The molecular weight excluding hydrogens is 204 g/mol. The van der Waals surface area contributed by atoms with Crippen LogP contribution in [0.5, 0.6) is 0 Å². The molecule has 0 aromatic carbocycles. The summed E-state index contributed by atoms with van der Waals surface area (Å²) in [7, 11) is 0. The van der Waals surface area contributed by atoms with E-state index in [2.05, 4.69) is 45.6 Å². The van der Waals surface area contributed by atoms with Gasteiger partial charge >= 0.3 is 0 Å². The molecule has 0 saturated heterocycles. The molecule has 0 atom stereocenters. The largest absolute Gasteiger partial charge is 0.0958 e. The van der Waals surface area contributed by atoms with Crippen LogP contribution in [0.3, 0.4) is 0 Å². The quantitative estimate of drug-likeness (QED) is 0.517. The summed E-state index contributed by atoms with van der Waals surface area (Å²) < 4.78 is 0. The minimum Gasteiger partial charge on any atom is -0.0958 e. The molecule has 0 bridgehead atoms. The van der Waals surface area contributed by atoms with Gasteiger partial charge in [0.15, 0.2) is 0 Å². The molecule has 0 amide bonds. The molecule has 0 aromatic rings. The maximum absolute atomic E-state index is 4.14. The second-order valence-corrected chi connectivity index (χ2v) is 5.36. The van der Waals surface area contributed by atoms with Crippen molar-refractivity contribution in [3.63, 3.8) is 0 Å². The number of hydrogen-bond donors (Lipinski definition) is 0. The molecule has 0 spiro atoms. The molecule has 0 heteroatoms. The molecular formula is C17H30. The van der Waals surface area contributed by atoms with Crippen molar-refractivity contribution in [3.8, 4) is 0 Å². The molecule has 0 unspecified atom stereocenters. The Hall–Kier alpha value is -0.780. The van der Waals surface area contributed by atoms with Gasteiger partial charge < -0.3 is 0 Å². The standard InChI is InChI=1S/C15H24.C2H6/c1-5-14-8-6-7-11-15(3,4)12-13(2)9-10-14;1-2/h8-10H,2,5-7,11-12H2,1,3-4H3;1-2H3/b10-9-,14-8-;. The lowest BCUT2D eigenvalue weighted by atomic mass is 9.80. The van der Waals surface area contributed by atoms with Gasteiger partial charge in [0.25, 0.3) is 0 Å². The van der Waals surface area contributed by atoms with E-state index in [1.54, 1.807) is 0 Å². The zero-order valence-corrected chi connectivity index (χ0v) is 12.5. The lowest BCUT2D eigenvalue weighted by Crippen LogP contribution is -2.11. The Labute approximate surface area is 109 Å². The fourth-order valence-electron chi connectivity index (χ4n) is 2.19. The van der Waals surface area contributed by atoms with E-state index in [0.29, 0.717) is 5.41 Å². The zero-order chi connectivity index (χ0) is 13.3. The topological polar surface area (TPSA) is 0 Å². The van der Waals surface area contributed by atoms with Crippen LogP contribution in [-0.4, -0.2) is 0 Å². The summed E-state index contributed by atoms with van der Waals surface area (Å²) in [6.07, 6.45) is 12.9. The average Bonchev–Trinajstić information content (AvgIpc) is 2.29. The Morgan fingerprint density at radius 3 is 2.47 bits per heavy atom. The lowest BCUT2D eigenvalue weighted by molar-refractivity contribution is 0.325. The van der Waals surface area contributed by atoms with E-state index < -0.39 is 0 Å². The zero-order valence-electron chi connectivity index (χ0n) is 12.5. The van der Waals surface area contributed by atoms with Crippen LogP contribution in [0.2, 0.25) is 0 Å². The first-order valence-corrected chi connectivity index (χ1v) is 7.08. The molecule has 1 rings (SSSR count). The van der Waals surface area contributed by atoms with Gasteiger partial charge in [-0.2, -0.15) is 0 Å². The Morgan fingerprint density at radius 1 is 1.24 bits per heavy atom. The predicted molar refractivity (Wildman–Crippen MR) is 80.3 cm³/mol. The maximum atomic E-state index is 4.14. The third-order valence-corrected chi connectivity index (χ3v) is 3.11. The van der Waals surface area contributed by atoms with Crippen LogP contribution < -0.4 is 0 Å². The van der Waals surface area contributed by atoms with Crippen molar-refractivity contribution in [1.29, 1.82) is 0 Å². The molecule has 0 nitrogen and oxygen atoms in total. The van der Waals surface area contributed by atoms with Gasteiger partial charge in [-0.25, -0.2) is 0 Å². The molecule has 0 N–H and O–H groups in total. The molecule has 0 aliphatic heterocycles. The molecule has 0 fully saturated rings. The van der Waals surface area contributed by atoms with Gasteiger partial charge in [-0.3, -0.25) is 0 Å². The van der Waals surface area contributed by atoms with Gasteiger partial charge in [-0.15, -0.1) is 0 Å². The third-order valence-electron chi connectivity index (χ3n) is 3.11. The van der Waals surface area contributed by atoms with E-state index in [-0.39, 0.29) is 0 Å². The number of rotatable bonds is 1. The summed E-state index contributed by atoms with van der Waals surface area (Å²) >= 11 is 0. The second kappa shape index (κ2) is 8.33. The van der Waals surface area contributed by atoms with Crippen LogP contribution in [0.4, 0.5) is 0 Å². The van der Waals surface area contributed by atoms with E-state index in [4.69, 9.17) is 0 Å². The van der Waals surface area contributed by atoms with Crippen molar-refractivity contribution in [2.24, 2.45) is 5.41 Å². The van der Waals surface area contributed by atoms with Gasteiger partial charge in [0.2, 0.25) is 0 Å². The SMILES string of the molecule is C=C1/C=C\C(CC)=C/CCCC(C)(C)C1.CC. The van der Waals surface area contributed by atoms with Crippen LogP contribution in [0, 0.1) is 5.41 Å². The lowest BCUT2D eigenvalue weighted by Gasteiger charge is -2.25. The van der Waals surface area contributed by atoms with Gasteiger partial charge in [-0.1, -0.05) is 70.6 Å². The van der Waals surface area contributed by atoms with Crippen LogP contribution in [0.1, 0.15) is 66.7 Å². The molecule has 0 heterocycles.